The average molecular weight is 463 g/mol. The molecule has 4 rings (SSSR count). The molecular formula is C21H17F4N5O3. The summed E-state index contributed by atoms with van der Waals surface area (Å²) in [5, 5.41) is 15.6. The molecule has 2 N–H and O–H groups in total. The summed E-state index contributed by atoms with van der Waals surface area (Å²) in [7, 11) is 0. The maximum Gasteiger partial charge on any atom is 0.416 e. The minimum absolute atomic E-state index is 0.0797. The van der Waals surface area contributed by atoms with Gasteiger partial charge in [-0.3, -0.25) is 25.8 Å². The Kier molecular flexibility index (Phi) is 5.75. The molecule has 0 atom stereocenters. The van der Waals surface area contributed by atoms with Crippen LogP contribution in [0.3, 0.4) is 0 Å². The number of halogens is 4. The number of hydrogen-bond acceptors (Lipinski definition) is 5. The van der Waals surface area contributed by atoms with Gasteiger partial charge in [0.2, 0.25) is 0 Å². The first kappa shape index (κ1) is 22.2. The van der Waals surface area contributed by atoms with Crippen molar-refractivity contribution in [3.63, 3.8) is 0 Å². The number of nitrogens with zero attached hydrogens (tertiary/aromatic N) is 3. The van der Waals surface area contributed by atoms with Crippen molar-refractivity contribution in [3.8, 4) is 5.69 Å². The fourth-order valence-electron chi connectivity index (χ4n) is 3.73. The van der Waals surface area contributed by atoms with Crippen LogP contribution in [0, 0.1) is 15.9 Å². The lowest BCUT2D eigenvalue weighted by Gasteiger charge is -2.14. The van der Waals surface area contributed by atoms with Gasteiger partial charge >= 0.3 is 6.18 Å². The number of rotatable bonds is 5. The molecule has 0 bridgehead atoms. The van der Waals surface area contributed by atoms with E-state index < -0.39 is 34.1 Å². The van der Waals surface area contributed by atoms with Crippen molar-refractivity contribution < 1.29 is 27.3 Å². The molecule has 172 valence electrons. The van der Waals surface area contributed by atoms with Gasteiger partial charge in [0.15, 0.2) is 5.69 Å². The van der Waals surface area contributed by atoms with Gasteiger partial charge in [0.25, 0.3) is 11.6 Å². The van der Waals surface area contributed by atoms with Gasteiger partial charge in [0.1, 0.15) is 11.5 Å². The third-order valence-electron chi connectivity index (χ3n) is 5.30. The van der Waals surface area contributed by atoms with Crippen LogP contribution in [0.2, 0.25) is 0 Å². The molecule has 0 spiro atoms. The molecule has 0 saturated heterocycles. The molecule has 0 aliphatic heterocycles. The molecule has 1 aliphatic rings. The third kappa shape index (κ3) is 4.49. The molecule has 1 amide bonds. The zero-order valence-corrected chi connectivity index (χ0v) is 16.9. The van der Waals surface area contributed by atoms with Crippen LogP contribution >= 0.6 is 0 Å². The van der Waals surface area contributed by atoms with E-state index in [-0.39, 0.29) is 11.4 Å². The van der Waals surface area contributed by atoms with Gasteiger partial charge in [0.05, 0.1) is 16.2 Å². The summed E-state index contributed by atoms with van der Waals surface area (Å²) in [6, 6.07) is 7.54. The SMILES string of the molecule is O=C(NNc1ccc(C(F)(F)F)cc1[N+](=O)[O-])c1nn(-c2ccc(F)cc2)c2c1CCCC2. The van der Waals surface area contributed by atoms with Crippen LogP contribution in [0.25, 0.3) is 5.69 Å². The molecular weight excluding hydrogens is 446 g/mol. The highest BCUT2D eigenvalue weighted by Gasteiger charge is 2.33. The molecule has 1 aromatic heterocycles. The van der Waals surface area contributed by atoms with E-state index in [2.05, 4.69) is 16.0 Å². The maximum absolute atomic E-state index is 13.3. The Bertz CT molecular complexity index is 1220. The molecule has 2 aromatic carbocycles. The van der Waals surface area contributed by atoms with Gasteiger partial charge in [0, 0.05) is 17.3 Å². The smallest absolute Gasteiger partial charge is 0.292 e. The topological polar surface area (TPSA) is 102 Å². The standard InChI is InChI=1S/C21H17F4N5O3/c22-13-6-8-14(9-7-13)29-17-4-2-1-3-15(17)19(28-29)20(31)27-26-16-10-5-12(21(23,24)25)11-18(16)30(32)33/h5-11,26H,1-4H2,(H,27,31). The Labute approximate surface area is 184 Å². The van der Waals surface area contributed by atoms with E-state index in [1.165, 1.54) is 24.3 Å². The second-order valence-electron chi connectivity index (χ2n) is 7.44. The summed E-state index contributed by atoms with van der Waals surface area (Å²) < 4.78 is 53.5. The predicted octanol–water partition coefficient (Wildman–Crippen LogP) is 4.57. The molecule has 8 nitrogen and oxygen atoms in total. The van der Waals surface area contributed by atoms with Crippen LogP contribution in [0.15, 0.2) is 42.5 Å². The van der Waals surface area contributed by atoms with Crippen molar-refractivity contribution in [2.75, 3.05) is 5.43 Å². The van der Waals surface area contributed by atoms with Crippen LogP contribution in [-0.2, 0) is 19.0 Å². The number of alkyl halides is 3. The highest BCUT2D eigenvalue weighted by Crippen LogP contribution is 2.35. The molecule has 33 heavy (non-hydrogen) atoms. The summed E-state index contributed by atoms with van der Waals surface area (Å²) in [6.45, 7) is 0. The van der Waals surface area contributed by atoms with Crippen molar-refractivity contribution in [2.24, 2.45) is 0 Å². The van der Waals surface area contributed by atoms with Crippen LogP contribution in [0.5, 0.6) is 0 Å². The fourth-order valence-corrected chi connectivity index (χ4v) is 3.73. The second-order valence-corrected chi connectivity index (χ2v) is 7.44. The van der Waals surface area contributed by atoms with Crippen molar-refractivity contribution >= 4 is 17.3 Å². The molecule has 0 radical (unpaired) electrons. The van der Waals surface area contributed by atoms with Crippen molar-refractivity contribution in [3.05, 3.63) is 80.9 Å². The van der Waals surface area contributed by atoms with Crippen LogP contribution < -0.4 is 10.9 Å². The van der Waals surface area contributed by atoms with E-state index in [9.17, 15) is 32.5 Å². The Balaban J connectivity index is 1.61. The van der Waals surface area contributed by atoms with Gasteiger partial charge in [-0.15, -0.1) is 0 Å². The molecule has 3 aromatic rings. The first-order valence-corrected chi connectivity index (χ1v) is 9.94. The van der Waals surface area contributed by atoms with Gasteiger partial charge in [-0.25, -0.2) is 9.07 Å². The number of nitrogens with one attached hydrogen (secondary N) is 2. The molecule has 0 unspecified atom stereocenters. The minimum atomic E-state index is -4.75. The highest BCUT2D eigenvalue weighted by atomic mass is 19.4. The Morgan fingerprint density at radius 3 is 2.45 bits per heavy atom. The quantitative estimate of drug-likeness (QED) is 0.328. The van der Waals surface area contributed by atoms with Gasteiger partial charge < -0.3 is 0 Å². The Morgan fingerprint density at radius 2 is 1.79 bits per heavy atom. The lowest BCUT2D eigenvalue weighted by Crippen LogP contribution is -2.31. The van der Waals surface area contributed by atoms with Gasteiger partial charge in [-0.1, -0.05) is 0 Å². The fraction of sp³-hybridized carbons (Fsp3) is 0.238. The number of hydrogen-bond donors (Lipinski definition) is 2. The molecule has 0 saturated carbocycles. The number of nitro groups is 1. The first-order valence-electron chi connectivity index (χ1n) is 9.94. The molecule has 1 heterocycles. The van der Waals surface area contributed by atoms with Crippen LogP contribution in [0.1, 0.15) is 40.2 Å². The number of carbonyl (C=O) groups is 1. The van der Waals surface area contributed by atoms with Gasteiger partial charge in [-0.2, -0.15) is 18.3 Å². The van der Waals surface area contributed by atoms with Crippen LogP contribution in [-0.4, -0.2) is 20.6 Å². The van der Waals surface area contributed by atoms with Crippen molar-refractivity contribution in [1.29, 1.82) is 0 Å². The molecule has 12 heteroatoms. The number of hydrazine groups is 1. The van der Waals surface area contributed by atoms with Crippen molar-refractivity contribution in [2.45, 2.75) is 31.9 Å². The molecule has 0 fully saturated rings. The highest BCUT2D eigenvalue weighted by molar-refractivity contribution is 5.95. The second kappa shape index (κ2) is 8.52. The first-order chi connectivity index (χ1) is 15.6. The number of anilines is 1. The van der Waals surface area contributed by atoms with E-state index in [0.717, 1.165) is 24.6 Å². The minimum Gasteiger partial charge on any atom is -0.292 e. The maximum atomic E-state index is 13.3. The Morgan fingerprint density at radius 1 is 1.09 bits per heavy atom. The number of benzene rings is 2. The summed E-state index contributed by atoms with van der Waals surface area (Å²) >= 11 is 0. The average Bonchev–Trinajstić information content (AvgIpc) is 3.17. The summed E-state index contributed by atoms with van der Waals surface area (Å²) in [5.74, 6) is -1.12. The van der Waals surface area contributed by atoms with Gasteiger partial charge in [-0.05, 0) is 62.1 Å². The Hall–Kier alpha value is -3.96. The lowest BCUT2D eigenvalue weighted by molar-refractivity contribution is -0.384. The van der Waals surface area contributed by atoms with Crippen molar-refractivity contribution in [1.82, 2.24) is 15.2 Å². The summed E-state index contributed by atoms with van der Waals surface area (Å²) in [6.07, 6.45) is -1.79. The van der Waals surface area contributed by atoms with E-state index in [0.29, 0.717) is 36.2 Å². The van der Waals surface area contributed by atoms with Crippen LogP contribution in [0.4, 0.5) is 28.9 Å². The zero-order chi connectivity index (χ0) is 23.8. The number of nitro benzene ring substituents is 1. The van der Waals surface area contributed by atoms with E-state index in [1.54, 1.807) is 4.68 Å². The normalized spacial score (nSPS) is 13.3. The number of amides is 1. The lowest BCUT2D eigenvalue weighted by atomic mass is 9.95. The third-order valence-corrected chi connectivity index (χ3v) is 5.30. The van der Waals surface area contributed by atoms with E-state index in [1.807, 2.05) is 0 Å². The number of aromatic nitrogens is 2. The van der Waals surface area contributed by atoms with E-state index in [4.69, 9.17) is 0 Å². The predicted molar refractivity (Wildman–Crippen MR) is 109 cm³/mol. The largest absolute Gasteiger partial charge is 0.416 e. The summed E-state index contributed by atoms with van der Waals surface area (Å²) in [5.41, 5.74) is 4.43. The number of fused-ring (bicyclic) bond motifs is 1. The van der Waals surface area contributed by atoms with E-state index >= 15 is 0 Å². The monoisotopic (exact) mass is 463 g/mol. The zero-order valence-electron chi connectivity index (χ0n) is 16.9. The molecule has 1 aliphatic carbocycles. The summed E-state index contributed by atoms with van der Waals surface area (Å²) in [4.78, 5) is 23.1. The number of carbonyl (C=O) groups excluding carboxylic acids is 1.